The highest BCUT2D eigenvalue weighted by Crippen LogP contribution is 2.32. The van der Waals surface area contributed by atoms with Crippen LogP contribution in [0.1, 0.15) is 32.6 Å². The highest BCUT2D eigenvalue weighted by Gasteiger charge is 2.42. The molecule has 0 radical (unpaired) electrons. The van der Waals surface area contributed by atoms with E-state index in [4.69, 9.17) is 19.9 Å². The fourth-order valence-electron chi connectivity index (χ4n) is 3.66. The van der Waals surface area contributed by atoms with Gasteiger partial charge in [-0.1, -0.05) is 6.92 Å². The summed E-state index contributed by atoms with van der Waals surface area (Å²) in [5.41, 5.74) is 5.99. The second kappa shape index (κ2) is 9.51. The molecule has 0 saturated carbocycles. The molecule has 1 spiro atoms. The fourth-order valence-corrected chi connectivity index (χ4v) is 3.66. The van der Waals surface area contributed by atoms with Crippen LogP contribution in [0, 0.1) is 0 Å². The number of nitrogens with zero attached hydrogens (tertiary/aromatic N) is 2. The molecule has 0 bridgehead atoms. The van der Waals surface area contributed by atoms with E-state index in [9.17, 15) is 0 Å². The van der Waals surface area contributed by atoms with E-state index in [0.29, 0.717) is 38.4 Å². The van der Waals surface area contributed by atoms with E-state index in [2.05, 4.69) is 22.1 Å². The predicted molar refractivity (Wildman–Crippen MR) is 104 cm³/mol. The molecule has 0 amide bonds. The first-order chi connectivity index (χ1) is 11.2. The maximum atomic E-state index is 6.07. The lowest BCUT2D eigenvalue weighted by Crippen LogP contribution is -2.41. The fraction of sp³-hybridized carbons (Fsp3) is 0.938. The zero-order chi connectivity index (χ0) is 16.1. The molecule has 0 aromatic carbocycles. The van der Waals surface area contributed by atoms with Crippen LogP contribution in [0.4, 0.5) is 0 Å². The molecule has 24 heavy (non-hydrogen) atoms. The maximum Gasteiger partial charge on any atom is 0.188 e. The molecule has 3 aliphatic heterocycles. The van der Waals surface area contributed by atoms with E-state index in [1.54, 1.807) is 0 Å². The summed E-state index contributed by atoms with van der Waals surface area (Å²) < 4.78 is 17.3. The summed E-state index contributed by atoms with van der Waals surface area (Å²) in [5.74, 6) is 0.0756. The number of hydrogen-bond acceptors (Lipinski definition) is 5. The summed E-state index contributed by atoms with van der Waals surface area (Å²) >= 11 is 0. The topological polar surface area (TPSA) is 81.3 Å². The quantitative estimate of drug-likeness (QED) is 0.365. The van der Waals surface area contributed by atoms with Gasteiger partial charge >= 0.3 is 0 Å². The van der Waals surface area contributed by atoms with Gasteiger partial charge < -0.3 is 25.3 Å². The second-order valence-corrected chi connectivity index (χ2v) is 6.61. The molecule has 3 N–H and O–H groups in total. The third-order valence-electron chi connectivity index (χ3n) is 5.06. The molecule has 3 rings (SSSR count). The first-order valence-corrected chi connectivity index (χ1v) is 8.88. The van der Waals surface area contributed by atoms with Crippen LogP contribution in [0.25, 0.3) is 0 Å². The lowest BCUT2D eigenvalue weighted by molar-refractivity contribution is -0.210. The Morgan fingerprint density at radius 1 is 1.38 bits per heavy atom. The van der Waals surface area contributed by atoms with Crippen LogP contribution in [0.15, 0.2) is 4.99 Å². The molecular weight excluding hydrogens is 423 g/mol. The minimum atomic E-state index is -0.429. The number of halogens is 1. The number of likely N-dealkylation sites (N-methyl/N-ethyl adjacent to an activating group) is 1. The molecule has 8 heteroatoms. The summed E-state index contributed by atoms with van der Waals surface area (Å²) in [4.78, 5) is 6.97. The van der Waals surface area contributed by atoms with Crippen molar-refractivity contribution in [1.29, 1.82) is 0 Å². The minimum absolute atomic E-state index is 0. The normalized spacial score (nSPS) is 30.5. The van der Waals surface area contributed by atoms with Crippen LogP contribution in [-0.4, -0.2) is 74.8 Å². The standard InChI is InChI=1S/C16H30N4O3.HI/c1-2-20-7-3-4-13(20)10-18-15(17)19-11-14-12-22-16(23-14)5-8-21-9-6-16;/h13-14H,2-12H2,1H3,(H3,17,18,19);1H. The van der Waals surface area contributed by atoms with Crippen LogP contribution >= 0.6 is 24.0 Å². The number of guanidine groups is 1. The smallest absolute Gasteiger partial charge is 0.188 e. The number of hydrogen-bond donors (Lipinski definition) is 2. The van der Waals surface area contributed by atoms with Crippen molar-refractivity contribution in [2.45, 2.75) is 50.5 Å². The van der Waals surface area contributed by atoms with Crippen molar-refractivity contribution in [2.75, 3.05) is 46.0 Å². The van der Waals surface area contributed by atoms with Crippen molar-refractivity contribution in [1.82, 2.24) is 10.2 Å². The number of aliphatic imine (C=N–C) groups is 1. The number of nitrogens with two attached hydrogens (primary N) is 1. The first kappa shape index (κ1) is 20.2. The molecule has 2 unspecified atom stereocenters. The second-order valence-electron chi connectivity index (χ2n) is 6.61. The van der Waals surface area contributed by atoms with Crippen molar-refractivity contribution in [3.63, 3.8) is 0 Å². The highest BCUT2D eigenvalue weighted by atomic mass is 127. The van der Waals surface area contributed by atoms with Gasteiger partial charge in [0.15, 0.2) is 11.7 Å². The SMILES string of the molecule is CCN1CCCC1CN=C(N)NCC1COC2(CCOCC2)O1.I. The van der Waals surface area contributed by atoms with E-state index >= 15 is 0 Å². The Morgan fingerprint density at radius 2 is 2.17 bits per heavy atom. The van der Waals surface area contributed by atoms with Gasteiger partial charge in [0.2, 0.25) is 0 Å². The molecule has 3 fully saturated rings. The van der Waals surface area contributed by atoms with Gasteiger partial charge in [0.1, 0.15) is 6.10 Å². The third-order valence-corrected chi connectivity index (χ3v) is 5.06. The van der Waals surface area contributed by atoms with E-state index in [1.807, 2.05) is 0 Å². The van der Waals surface area contributed by atoms with E-state index in [-0.39, 0.29) is 30.1 Å². The molecule has 0 aromatic heterocycles. The highest BCUT2D eigenvalue weighted by molar-refractivity contribution is 14.0. The van der Waals surface area contributed by atoms with Gasteiger partial charge in [-0.2, -0.15) is 0 Å². The van der Waals surface area contributed by atoms with E-state index < -0.39 is 5.79 Å². The van der Waals surface area contributed by atoms with Crippen LogP contribution in [-0.2, 0) is 14.2 Å². The monoisotopic (exact) mass is 454 g/mol. The average Bonchev–Trinajstić information content (AvgIpc) is 3.18. The molecule has 140 valence electrons. The lowest BCUT2D eigenvalue weighted by Gasteiger charge is -2.31. The zero-order valence-electron chi connectivity index (χ0n) is 14.5. The minimum Gasteiger partial charge on any atom is -0.381 e. The first-order valence-electron chi connectivity index (χ1n) is 8.88. The van der Waals surface area contributed by atoms with Crippen molar-refractivity contribution < 1.29 is 14.2 Å². The molecule has 0 aliphatic carbocycles. The Hall–Kier alpha value is -0.160. The van der Waals surface area contributed by atoms with Crippen LogP contribution in [0.3, 0.4) is 0 Å². The third kappa shape index (κ3) is 5.17. The largest absolute Gasteiger partial charge is 0.381 e. The molecule has 3 saturated heterocycles. The number of ether oxygens (including phenoxy) is 3. The summed E-state index contributed by atoms with van der Waals surface area (Å²) in [7, 11) is 0. The summed E-state index contributed by atoms with van der Waals surface area (Å²) in [5, 5.41) is 3.18. The molecule has 2 atom stereocenters. The summed E-state index contributed by atoms with van der Waals surface area (Å²) in [6.07, 6.45) is 4.12. The van der Waals surface area contributed by atoms with Crippen LogP contribution < -0.4 is 11.1 Å². The van der Waals surface area contributed by atoms with Gasteiger partial charge in [-0.3, -0.25) is 9.89 Å². The van der Waals surface area contributed by atoms with Crippen molar-refractivity contribution in [3.05, 3.63) is 0 Å². The van der Waals surface area contributed by atoms with E-state index in [0.717, 1.165) is 25.9 Å². The number of likely N-dealkylation sites (tertiary alicyclic amines) is 1. The summed E-state index contributed by atoms with van der Waals surface area (Å²) in [6.45, 7) is 7.91. The zero-order valence-corrected chi connectivity index (χ0v) is 16.9. The summed E-state index contributed by atoms with van der Waals surface area (Å²) in [6, 6.07) is 0.539. The van der Waals surface area contributed by atoms with Crippen molar-refractivity contribution in [3.8, 4) is 0 Å². The molecule has 7 nitrogen and oxygen atoms in total. The van der Waals surface area contributed by atoms with E-state index in [1.165, 1.54) is 19.4 Å². The van der Waals surface area contributed by atoms with Crippen LogP contribution in [0.5, 0.6) is 0 Å². The molecular formula is C16H31IN4O3. The van der Waals surface area contributed by atoms with Gasteiger partial charge in [0.05, 0.1) is 26.4 Å². The van der Waals surface area contributed by atoms with Crippen molar-refractivity contribution >= 4 is 29.9 Å². The predicted octanol–water partition coefficient (Wildman–Crippen LogP) is 0.915. The van der Waals surface area contributed by atoms with Gasteiger partial charge in [-0.15, -0.1) is 24.0 Å². The molecule has 0 aromatic rings. The van der Waals surface area contributed by atoms with Gasteiger partial charge in [-0.25, -0.2) is 0 Å². The van der Waals surface area contributed by atoms with Gasteiger partial charge in [0, 0.05) is 25.4 Å². The Morgan fingerprint density at radius 3 is 2.92 bits per heavy atom. The van der Waals surface area contributed by atoms with Gasteiger partial charge in [-0.05, 0) is 25.9 Å². The Kier molecular flexibility index (Phi) is 7.99. The Balaban J connectivity index is 0.00000208. The Bertz CT molecular complexity index is 418. The lowest BCUT2D eigenvalue weighted by atomic mass is 10.1. The number of rotatable bonds is 5. The van der Waals surface area contributed by atoms with Gasteiger partial charge in [0.25, 0.3) is 0 Å². The number of nitrogens with one attached hydrogen (secondary N) is 1. The maximum absolute atomic E-state index is 6.07. The van der Waals surface area contributed by atoms with Crippen molar-refractivity contribution in [2.24, 2.45) is 10.7 Å². The Labute approximate surface area is 161 Å². The molecule has 3 heterocycles. The average molecular weight is 454 g/mol. The molecule has 3 aliphatic rings. The van der Waals surface area contributed by atoms with Crippen LogP contribution in [0.2, 0.25) is 0 Å².